The van der Waals surface area contributed by atoms with Gasteiger partial charge in [0.15, 0.2) is 11.5 Å². The molecular weight excluding hydrogens is 428 g/mol. The number of hydrogen-bond donors (Lipinski definition) is 2. The molecule has 1 heterocycles. The van der Waals surface area contributed by atoms with E-state index in [2.05, 4.69) is 5.32 Å². The first-order valence-corrected chi connectivity index (χ1v) is 9.56. The zero-order chi connectivity index (χ0) is 24.0. The van der Waals surface area contributed by atoms with E-state index in [4.69, 9.17) is 23.7 Å². The lowest BCUT2D eigenvalue weighted by molar-refractivity contribution is -0.112. The Balaban J connectivity index is 1.82. The summed E-state index contributed by atoms with van der Waals surface area (Å²) in [5, 5.41) is 21.1. The lowest BCUT2D eigenvalue weighted by Gasteiger charge is -2.14. The van der Waals surface area contributed by atoms with Crippen LogP contribution in [-0.4, -0.2) is 38.3 Å². The van der Waals surface area contributed by atoms with E-state index < -0.39 is 11.9 Å². The molecule has 0 saturated carbocycles. The minimum Gasteiger partial charge on any atom is -0.493 e. The largest absolute Gasteiger partial charge is 0.493 e. The van der Waals surface area contributed by atoms with Crippen LogP contribution in [0.15, 0.2) is 58.5 Å². The first-order chi connectivity index (χ1) is 15.9. The highest BCUT2D eigenvalue weighted by Crippen LogP contribution is 2.40. The molecule has 1 amide bonds. The topological polar surface area (TPSA) is 131 Å². The van der Waals surface area contributed by atoms with Gasteiger partial charge in [-0.05, 0) is 24.3 Å². The third-order valence-corrected chi connectivity index (χ3v) is 4.62. The SMILES string of the molecule is COc1cc(NC(=O)/C(C#N)=C/c2ccc(-c3ccc(C(=O)O)cc3)o2)cc(OC)c1OC. The normalized spacial score (nSPS) is 10.8. The average molecular weight is 448 g/mol. The first kappa shape index (κ1) is 23.0. The minimum atomic E-state index is -1.03. The number of amides is 1. The van der Waals surface area contributed by atoms with Gasteiger partial charge in [0, 0.05) is 29.5 Å². The molecule has 3 aromatic rings. The fourth-order valence-corrected chi connectivity index (χ4v) is 3.01. The number of aromatic carboxylic acids is 1. The van der Waals surface area contributed by atoms with Crippen LogP contribution in [0.3, 0.4) is 0 Å². The standard InChI is InChI=1S/C24H20N2O7/c1-30-20-11-17(12-21(31-2)22(20)32-3)26-23(27)16(13-25)10-18-8-9-19(33-18)14-4-6-15(7-5-14)24(28)29/h4-12H,1-3H3,(H,26,27)(H,28,29)/b16-10+. The highest BCUT2D eigenvalue weighted by molar-refractivity contribution is 6.09. The van der Waals surface area contributed by atoms with E-state index in [0.29, 0.717) is 34.3 Å². The molecule has 0 unspecified atom stereocenters. The number of carbonyl (C=O) groups is 2. The number of nitrogens with one attached hydrogen (secondary N) is 1. The first-order valence-electron chi connectivity index (χ1n) is 9.56. The van der Waals surface area contributed by atoms with Crippen LogP contribution in [0.4, 0.5) is 5.69 Å². The van der Waals surface area contributed by atoms with E-state index in [1.54, 1.807) is 36.4 Å². The van der Waals surface area contributed by atoms with Gasteiger partial charge >= 0.3 is 5.97 Å². The molecule has 0 atom stereocenters. The van der Waals surface area contributed by atoms with Gasteiger partial charge in [0.05, 0.1) is 26.9 Å². The van der Waals surface area contributed by atoms with E-state index in [9.17, 15) is 14.9 Å². The molecule has 3 rings (SSSR count). The summed E-state index contributed by atoms with van der Waals surface area (Å²) in [7, 11) is 4.37. The number of furan rings is 1. The second-order valence-corrected chi connectivity index (χ2v) is 6.62. The van der Waals surface area contributed by atoms with Gasteiger partial charge in [0.25, 0.3) is 5.91 Å². The number of carboxylic acids is 1. The minimum absolute atomic E-state index is 0.153. The molecule has 9 heteroatoms. The van der Waals surface area contributed by atoms with Crippen molar-refractivity contribution in [2.75, 3.05) is 26.6 Å². The predicted molar refractivity (Wildman–Crippen MR) is 119 cm³/mol. The Hall–Kier alpha value is -4.71. The number of carboxylic acid groups (broad SMARTS) is 1. The highest BCUT2D eigenvalue weighted by Gasteiger charge is 2.17. The number of hydrogen-bond acceptors (Lipinski definition) is 7. The summed E-state index contributed by atoms with van der Waals surface area (Å²) in [5.74, 6) is 0.119. The van der Waals surface area contributed by atoms with E-state index in [1.807, 2.05) is 6.07 Å². The summed E-state index contributed by atoms with van der Waals surface area (Å²) in [6, 6.07) is 14.3. The number of ether oxygens (including phenoxy) is 3. The van der Waals surface area contributed by atoms with E-state index in [1.165, 1.54) is 39.5 Å². The Labute approximate surface area is 189 Å². The maximum absolute atomic E-state index is 12.7. The quantitative estimate of drug-likeness (QED) is 0.387. The van der Waals surface area contributed by atoms with Crippen molar-refractivity contribution in [3.63, 3.8) is 0 Å². The summed E-state index contributed by atoms with van der Waals surface area (Å²) in [4.78, 5) is 23.7. The Bertz CT molecular complexity index is 1230. The number of anilines is 1. The van der Waals surface area contributed by atoms with Crippen molar-refractivity contribution in [3.8, 4) is 34.6 Å². The zero-order valence-electron chi connectivity index (χ0n) is 18.0. The summed E-state index contributed by atoms with van der Waals surface area (Å²) >= 11 is 0. The monoisotopic (exact) mass is 448 g/mol. The number of nitrogens with zero attached hydrogens (tertiary/aromatic N) is 1. The molecule has 168 valence electrons. The lowest BCUT2D eigenvalue weighted by atomic mass is 10.1. The Morgan fingerprint density at radius 2 is 1.64 bits per heavy atom. The number of nitriles is 1. The van der Waals surface area contributed by atoms with Crippen molar-refractivity contribution < 1.29 is 33.3 Å². The van der Waals surface area contributed by atoms with Crippen molar-refractivity contribution in [1.29, 1.82) is 5.26 Å². The molecule has 0 spiro atoms. The molecule has 0 aliphatic heterocycles. The molecular formula is C24H20N2O7. The fraction of sp³-hybridized carbons (Fsp3) is 0.125. The number of benzene rings is 2. The molecule has 0 bridgehead atoms. The summed E-state index contributed by atoms with van der Waals surface area (Å²) < 4.78 is 21.5. The van der Waals surface area contributed by atoms with Gasteiger partial charge in [-0.25, -0.2) is 4.79 Å². The summed E-state index contributed by atoms with van der Waals surface area (Å²) in [5.41, 5.74) is 0.959. The molecule has 0 saturated heterocycles. The van der Waals surface area contributed by atoms with Crippen LogP contribution in [0.1, 0.15) is 16.1 Å². The van der Waals surface area contributed by atoms with Crippen LogP contribution >= 0.6 is 0 Å². The van der Waals surface area contributed by atoms with Crippen molar-refractivity contribution in [2.24, 2.45) is 0 Å². The van der Waals surface area contributed by atoms with Crippen LogP contribution in [0.25, 0.3) is 17.4 Å². The molecule has 2 N–H and O–H groups in total. The summed E-state index contributed by atoms with van der Waals surface area (Å²) in [6.45, 7) is 0. The third-order valence-electron chi connectivity index (χ3n) is 4.62. The van der Waals surface area contributed by atoms with E-state index >= 15 is 0 Å². The maximum Gasteiger partial charge on any atom is 0.335 e. The molecule has 0 radical (unpaired) electrons. The second-order valence-electron chi connectivity index (χ2n) is 6.62. The van der Waals surface area contributed by atoms with Crippen molar-refractivity contribution in [3.05, 3.63) is 65.4 Å². The van der Waals surface area contributed by atoms with E-state index in [0.717, 1.165) is 0 Å². The van der Waals surface area contributed by atoms with Crippen LogP contribution in [0, 0.1) is 11.3 Å². The highest BCUT2D eigenvalue weighted by atomic mass is 16.5. The second kappa shape index (κ2) is 10.1. The van der Waals surface area contributed by atoms with Crippen LogP contribution in [0.2, 0.25) is 0 Å². The Morgan fingerprint density at radius 3 is 2.15 bits per heavy atom. The molecule has 1 aromatic heterocycles. The van der Waals surface area contributed by atoms with Crippen molar-refractivity contribution in [2.45, 2.75) is 0 Å². The van der Waals surface area contributed by atoms with Gasteiger partial charge in [0.2, 0.25) is 5.75 Å². The van der Waals surface area contributed by atoms with Gasteiger partial charge in [-0.3, -0.25) is 4.79 Å². The van der Waals surface area contributed by atoms with Gasteiger partial charge in [-0.2, -0.15) is 5.26 Å². The fourth-order valence-electron chi connectivity index (χ4n) is 3.01. The maximum atomic E-state index is 12.7. The smallest absolute Gasteiger partial charge is 0.335 e. The van der Waals surface area contributed by atoms with E-state index in [-0.39, 0.29) is 16.9 Å². The molecule has 0 aliphatic carbocycles. The van der Waals surface area contributed by atoms with Crippen molar-refractivity contribution in [1.82, 2.24) is 0 Å². The lowest BCUT2D eigenvalue weighted by Crippen LogP contribution is -2.13. The molecule has 0 aliphatic rings. The van der Waals surface area contributed by atoms with Gasteiger partial charge < -0.3 is 29.1 Å². The van der Waals surface area contributed by atoms with Gasteiger partial charge in [-0.1, -0.05) is 12.1 Å². The number of rotatable bonds is 8. The Kier molecular flexibility index (Phi) is 7.00. The number of methoxy groups -OCH3 is 3. The van der Waals surface area contributed by atoms with Gasteiger partial charge in [-0.15, -0.1) is 0 Å². The molecule has 2 aromatic carbocycles. The summed E-state index contributed by atoms with van der Waals surface area (Å²) in [6.07, 6.45) is 1.31. The van der Waals surface area contributed by atoms with Crippen molar-refractivity contribution >= 4 is 23.6 Å². The van der Waals surface area contributed by atoms with Crippen LogP contribution in [0.5, 0.6) is 17.2 Å². The Morgan fingerprint density at radius 1 is 1.00 bits per heavy atom. The molecule has 0 fully saturated rings. The van der Waals surface area contributed by atoms with Gasteiger partial charge in [0.1, 0.15) is 23.2 Å². The molecule has 33 heavy (non-hydrogen) atoms. The zero-order valence-corrected chi connectivity index (χ0v) is 18.0. The number of carbonyl (C=O) groups excluding carboxylic acids is 1. The molecule has 9 nitrogen and oxygen atoms in total. The third kappa shape index (κ3) is 5.14. The predicted octanol–water partition coefficient (Wildman–Crippen LogP) is 4.22. The van der Waals surface area contributed by atoms with Crippen LogP contribution < -0.4 is 19.5 Å². The van der Waals surface area contributed by atoms with Crippen LogP contribution in [-0.2, 0) is 4.79 Å². The average Bonchev–Trinajstić information content (AvgIpc) is 3.30.